The molecule has 4 nitrogen and oxygen atoms in total. The summed E-state index contributed by atoms with van der Waals surface area (Å²) in [6.45, 7) is 3.07. The van der Waals surface area contributed by atoms with E-state index in [1.165, 1.54) is 18.4 Å². The quantitative estimate of drug-likeness (QED) is 0.845. The van der Waals surface area contributed by atoms with Gasteiger partial charge in [0, 0.05) is 18.7 Å². The molecule has 2 rings (SSSR count). The van der Waals surface area contributed by atoms with Crippen LogP contribution in [-0.2, 0) is 11.3 Å². The highest BCUT2D eigenvalue weighted by atomic mass is 16.1. The first-order valence-corrected chi connectivity index (χ1v) is 7.88. The van der Waals surface area contributed by atoms with E-state index in [1.807, 2.05) is 26.2 Å². The monoisotopic (exact) mass is 289 g/mol. The molecule has 0 aromatic heterocycles. The molecule has 0 saturated carbocycles. The number of amides is 1. The Morgan fingerprint density at radius 1 is 1.43 bits per heavy atom. The van der Waals surface area contributed by atoms with Crippen LogP contribution in [0.3, 0.4) is 0 Å². The molecule has 1 heterocycles. The van der Waals surface area contributed by atoms with Gasteiger partial charge in [-0.05, 0) is 70.1 Å². The topological polar surface area (TPSA) is 44.4 Å². The van der Waals surface area contributed by atoms with Crippen LogP contribution in [0.2, 0.25) is 0 Å². The largest absolute Gasteiger partial charge is 0.326 e. The summed E-state index contributed by atoms with van der Waals surface area (Å²) in [5.41, 5.74) is 2.12. The van der Waals surface area contributed by atoms with Gasteiger partial charge in [-0.2, -0.15) is 0 Å². The van der Waals surface area contributed by atoms with E-state index in [-0.39, 0.29) is 5.91 Å². The minimum atomic E-state index is 0.127. The molecule has 2 N–H and O–H groups in total. The predicted octanol–water partition coefficient (Wildman–Crippen LogP) is 2.47. The van der Waals surface area contributed by atoms with E-state index in [0.717, 1.165) is 31.7 Å². The van der Waals surface area contributed by atoms with Crippen LogP contribution in [-0.4, -0.2) is 38.0 Å². The number of hydrogen-bond donors (Lipinski definition) is 2. The van der Waals surface area contributed by atoms with Crippen molar-refractivity contribution in [2.24, 2.45) is 5.92 Å². The van der Waals surface area contributed by atoms with E-state index in [2.05, 4.69) is 27.7 Å². The van der Waals surface area contributed by atoms with Gasteiger partial charge in [0.15, 0.2) is 0 Å². The fraction of sp³-hybridized carbons (Fsp3) is 0.588. The summed E-state index contributed by atoms with van der Waals surface area (Å²) >= 11 is 0. The normalized spacial score (nSPS) is 18.7. The first-order chi connectivity index (χ1) is 10.1. The van der Waals surface area contributed by atoms with Gasteiger partial charge in [0.1, 0.15) is 0 Å². The van der Waals surface area contributed by atoms with E-state index >= 15 is 0 Å². The Morgan fingerprint density at radius 2 is 2.29 bits per heavy atom. The number of nitrogens with zero attached hydrogens (tertiary/aromatic N) is 1. The molecule has 21 heavy (non-hydrogen) atoms. The molecular formula is C17H27N3O. The number of piperidine rings is 1. The second-order valence-corrected chi connectivity index (χ2v) is 6.24. The van der Waals surface area contributed by atoms with Crippen LogP contribution in [0.15, 0.2) is 24.3 Å². The van der Waals surface area contributed by atoms with E-state index in [9.17, 15) is 4.79 Å². The lowest BCUT2D eigenvalue weighted by Crippen LogP contribution is -2.30. The van der Waals surface area contributed by atoms with Crippen LogP contribution in [0.5, 0.6) is 0 Å². The van der Waals surface area contributed by atoms with E-state index < -0.39 is 0 Å². The minimum Gasteiger partial charge on any atom is -0.326 e. The van der Waals surface area contributed by atoms with E-state index in [0.29, 0.717) is 12.3 Å². The highest BCUT2D eigenvalue weighted by Gasteiger charge is 2.14. The van der Waals surface area contributed by atoms with Gasteiger partial charge in [-0.15, -0.1) is 0 Å². The number of rotatable bonds is 6. The molecule has 0 radical (unpaired) electrons. The van der Waals surface area contributed by atoms with Gasteiger partial charge >= 0.3 is 0 Å². The standard InChI is InChI=1S/C17H27N3O/c1-20(2)13-15-5-3-7-16(11-15)19-17(21)9-8-14-6-4-10-18-12-14/h3,5,7,11,14,18H,4,6,8-10,12-13H2,1-2H3,(H,19,21). The number of carbonyl (C=O) groups excluding carboxylic acids is 1. The molecule has 1 atom stereocenters. The van der Waals surface area contributed by atoms with E-state index in [1.54, 1.807) is 0 Å². The minimum absolute atomic E-state index is 0.127. The highest BCUT2D eigenvalue weighted by Crippen LogP contribution is 2.17. The fourth-order valence-corrected chi connectivity index (χ4v) is 2.84. The van der Waals surface area contributed by atoms with Gasteiger partial charge in [-0.3, -0.25) is 4.79 Å². The van der Waals surface area contributed by atoms with Gasteiger partial charge in [-0.25, -0.2) is 0 Å². The van der Waals surface area contributed by atoms with Crippen LogP contribution in [0.1, 0.15) is 31.2 Å². The summed E-state index contributed by atoms with van der Waals surface area (Å²) in [5.74, 6) is 0.784. The summed E-state index contributed by atoms with van der Waals surface area (Å²) in [7, 11) is 4.09. The van der Waals surface area contributed by atoms with Crippen molar-refractivity contribution in [2.45, 2.75) is 32.2 Å². The molecule has 4 heteroatoms. The Labute approximate surface area is 127 Å². The molecule has 1 aliphatic rings. The SMILES string of the molecule is CN(C)Cc1cccc(NC(=O)CCC2CCCNC2)c1. The molecule has 1 aromatic rings. The third kappa shape index (κ3) is 5.86. The molecule has 0 aliphatic carbocycles. The Hall–Kier alpha value is -1.39. The van der Waals surface area contributed by atoms with Crippen molar-refractivity contribution in [2.75, 3.05) is 32.5 Å². The summed E-state index contributed by atoms with van der Waals surface area (Å²) < 4.78 is 0. The van der Waals surface area contributed by atoms with Crippen molar-refractivity contribution in [3.05, 3.63) is 29.8 Å². The number of nitrogens with one attached hydrogen (secondary N) is 2. The van der Waals surface area contributed by atoms with Crippen molar-refractivity contribution < 1.29 is 4.79 Å². The van der Waals surface area contributed by atoms with Crippen LogP contribution in [0, 0.1) is 5.92 Å². The van der Waals surface area contributed by atoms with Crippen LogP contribution < -0.4 is 10.6 Å². The fourth-order valence-electron chi connectivity index (χ4n) is 2.84. The van der Waals surface area contributed by atoms with Crippen molar-refractivity contribution >= 4 is 11.6 Å². The Bertz CT molecular complexity index is 453. The lowest BCUT2D eigenvalue weighted by Gasteiger charge is -2.22. The molecule has 1 fully saturated rings. The molecular weight excluding hydrogens is 262 g/mol. The lowest BCUT2D eigenvalue weighted by molar-refractivity contribution is -0.116. The molecule has 1 amide bonds. The van der Waals surface area contributed by atoms with Crippen molar-refractivity contribution in [1.82, 2.24) is 10.2 Å². The Kier molecular flexibility index (Phi) is 6.21. The smallest absolute Gasteiger partial charge is 0.224 e. The van der Waals surface area contributed by atoms with Gasteiger partial charge in [0.2, 0.25) is 5.91 Å². The average Bonchev–Trinajstić information content (AvgIpc) is 2.46. The number of hydrogen-bond acceptors (Lipinski definition) is 3. The zero-order valence-corrected chi connectivity index (χ0v) is 13.2. The van der Waals surface area contributed by atoms with Gasteiger partial charge in [0.25, 0.3) is 0 Å². The molecule has 116 valence electrons. The maximum Gasteiger partial charge on any atom is 0.224 e. The molecule has 1 aromatic carbocycles. The molecule has 0 bridgehead atoms. The molecule has 1 saturated heterocycles. The average molecular weight is 289 g/mol. The summed E-state index contributed by atoms with van der Waals surface area (Å²) in [6.07, 6.45) is 4.08. The van der Waals surface area contributed by atoms with Gasteiger partial charge in [-0.1, -0.05) is 12.1 Å². The zero-order chi connectivity index (χ0) is 15.1. The van der Waals surface area contributed by atoms with Crippen molar-refractivity contribution in [1.29, 1.82) is 0 Å². The van der Waals surface area contributed by atoms with Gasteiger partial charge in [0.05, 0.1) is 0 Å². The molecule has 1 unspecified atom stereocenters. The second-order valence-electron chi connectivity index (χ2n) is 6.24. The number of benzene rings is 1. The van der Waals surface area contributed by atoms with Crippen LogP contribution >= 0.6 is 0 Å². The van der Waals surface area contributed by atoms with Crippen LogP contribution in [0.25, 0.3) is 0 Å². The maximum atomic E-state index is 12.0. The second kappa shape index (κ2) is 8.15. The third-order valence-electron chi connectivity index (χ3n) is 3.89. The Balaban J connectivity index is 1.78. The highest BCUT2D eigenvalue weighted by molar-refractivity contribution is 5.90. The zero-order valence-electron chi connectivity index (χ0n) is 13.2. The first-order valence-electron chi connectivity index (χ1n) is 7.88. The Morgan fingerprint density at radius 3 is 3.00 bits per heavy atom. The third-order valence-corrected chi connectivity index (χ3v) is 3.89. The summed E-state index contributed by atoms with van der Waals surface area (Å²) in [4.78, 5) is 14.2. The number of anilines is 1. The number of carbonyl (C=O) groups is 1. The molecule has 1 aliphatic heterocycles. The maximum absolute atomic E-state index is 12.0. The van der Waals surface area contributed by atoms with Crippen molar-refractivity contribution in [3.63, 3.8) is 0 Å². The van der Waals surface area contributed by atoms with Crippen molar-refractivity contribution in [3.8, 4) is 0 Å². The molecule has 0 spiro atoms. The first kappa shape index (κ1) is 16.0. The predicted molar refractivity (Wildman–Crippen MR) is 87.3 cm³/mol. The van der Waals surface area contributed by atoms with E-state index in [4.69, 9.17) is 0 Å². The van der Waals surface area contributed by atoms with Gasteiger partial charge < -0.3 is 15.5 Å². The van der Waals surface area contributed by atoms with Crippen LogP contribution in [0.4, 0.5) is 5.69 Å². The summed E-state index contributed by atoms with van der Waals surface area (Å²) in [6, 6.07) is 8.10. The lowest BCUT2D eigenvalue weighted by atomic mass is 9.94. The summed E-state index contributed by atoms with van der Waals surface area (Å²) in [5, 5.41) is 6.41.